The fourth-order valence-corrected chi connectivity index (χ4v) is 5.26. The number of aliphatic hydroxyl groups excluding tert-OH is 1. The molecule has 4 aliphatic rings. The van der Waals surface area contributed by atoms with Gasteiger partial charge in [0.15, 0.2) is 0 Å². The third-order valence-electron chi connectivity index (χ3n) is 7.50. The largest absolute Gasteiger partial charge is 0.487 e. The number of carbonyl (C=O) groups excluding carboxylic acids is 2. The minimum atomic E-state index is -0.473. The van der Waals surface area contributed by atoms with Gasteiger partial charge in [-0.15, -0.1) is 0 Å². The van der Waals surface area contributed by atoms with Gasteiger partial charge in [-0.3, -0.25) is 9.59 Å². The summed E-state index contributed by atoms with van der Waals surface area (Å²) in [6.45, 7) is 3.11. The van der Waals surface area contributed by atoms with E-state index in [2.05, 4.69) is 17.3 Å². The number of rotatable bonds is 5. The summed E-state index contributed by atoms with van der Waals surface area (Å²) in [7, 11) is 2.07. The first-order valence-electron chi connectivity index (χ1n) is 11.9. The Morgan fingerprint density at radius 2 is 1.97 bits per heavy atom. The van der Waals surface area contributed by atoms with E-state index in [1.54, 1.807) is 0 Å². The number of ether oxygens (including phenoxy) is 2. The van der Waals surface area contributed by atoms with E-state index >= 15 is 0 Å². The Labute approximate surface area is 188 Å². The molecule has 0 aromatic heterocycles. The Kier molecular flexibility index (Phi) is 6.09. The van der Waals surface area contributed by atoms with Crippen LogP contribution in [0.25, 0.3) is 0 Å². The molecule has 32 heavy (non-hydrogen) atoms. The molecule has 2 amide bonds. The lowest BCUT2D eigenvalue weighted by Gasteiger charge is -2.38. The first kappa shape index (κ1) is 21.7. The Morgan fingerprint density at radius 1 is 1.19 bits per heavy atom. The van der Waals surface area contributed by atoms with Crippen molar-refractivity contribution < 1.29 is 24.2 Å². The van der Waals surface area contributed by atoms with Crippen LogP contribution in [0.15, 0.2) is 18.2 Å². The van der Waals surface area contributed by atoms with Crippen LogP contribution < -0.4 is 10.1 Å². The van der Waals surface area contributed by atoms with Crippen molar-refractivity contribution in [1.29, 1.82) is 0 Å². The highest BCUT2D eigenvalue weighted by molar-refractivity contribution is 5.93. The number of nitrogens with one attached hydrogen (secondary N) is 1. The second kappa shape index (κ2) is 9.00. The van der Waals surface area contributed by atoms with Gasteiger partial charge in [-0.05, 0) is 44.5 Å². The molecule has 3 heterocycles. The lowest BCUT2D eigenvalue weighted by molar-refractivity contribution is -0.150. The Balaban J connectivity index is 1.28. The molecule has 174 valence electrons. The maximum atomic E-state index is 12.9. The molecule has 8 heteroatoms. The van der Waals surface area contributed by atoms with Gasteiger partial charge in [0, 0.05) is 49.3 Å². The molecule has 3 aliphatic heterocycles. The van der Waals surface area contributed by atoms with Crippen molar-refractivity contribution in [3.63, 3.8) is 0 Å². The van der Waals surface area contributed by atoms with Gasteiger partial charge in [0.2, 0.25) is 11.8 Å². The number of hydrogen-bond donors (Lipinski definition) is 2. The van der Waals surface area contributed by atoms with E-state index in [1.165, 1.54) is 0 Å². The van der Waals surface area contributed by atoms with Crippen molar-refractivity contribution in [2.24, 2.45) is 5.92 Å². The molecule has 8 nitrogen and oxygen atoms in total. The summed E-state index contributed by atoms with van der Waals surface area (Å²) in [5.74, 6) is 1.12. The first-order chi connectivity index (χ1) is 15.5. The van der Waals surface area contributed by atoms with Crippen LogP contribution in [-0.4, -0.2) is 84.9 Å². The standard InChI is InChI=1S/C24H33N3O5/c1-26-7-9-27(10-8-26)22(29)13-17-12-19-18-11-16(25-24(30)15-3-2-4-15)5-6-20(18)32-23(19)21(14-28)31-17/h5-6,11,15,17,19,21,23,28H,2-4,7-10,12-14H2,1H3,(H,25,30)/t17-,19-,21+,23+/m1/s1. The molecule has 0 radical (unpaired) electrons. The molecule has 3 fully saturated rings. The van der Waals surface area contributed by atoms with Crippen LogP contribution in [0.3, 0.4) is 0 Å². The van der Waals surface area contributed by atoms with Crippen LogP contribution in [0, 0.1) is 5.92 Å². The van der Waals surface area contributed by atoms with Gasteiger partial charge in [0.05, 0.1) is 19.1 Å². The smallest absolute Gasteiger partial charge is 0.227 e. The van der Waals surface area contributed by atoms with Crippen LogP contribution in [-0.2, 0) is 14.3 Å². The van der Waals surface area contributed by atoms with Crippen molar-refractivity contribution in [2.75, 3.05) is 45.2 Å². The lowest BCUT2D eigenvalue weighted by Crippen LogP contribution is -2.50. The number of piperazine rings is 1. The van der Waals surface area contributed by atoms with E-state index in [-0.39, 0.29) is 42.5 Å². The number of aliphatic hydroxyl groups is 1. The molecule has 0 unspecified atom stereocenters. The van der Waals surface area contributed by atoms with E-state index in [9.17, 15) is 14.7 Å². The van der Waals surface area contributed by atoms with E-state index in [1.807, 2.05) is 23.1 Å². The zero-order chi connectivity index (χ0) is 22.2. The molecule has 1 saturated carbocycles. The average molecular weight is 444 g/mol. The zero-order valence-corrected chi connectivity index (χ0v) is 18.7. The number of likely N-dealkylation sites (N-methyl/N-ethyl adjacent to an activating group) is 1. The van der Waals surface area contributed by atoms with Crippen molar-refractivity contribution in [1.82, 2.24) is 9.80 Å². The highest BCUT2D eigenvalue weighted by Gasteiger charge is 2.46. The topological polar surface area (TPSA) is 91.3 Å². The normalized spacial score (nSPS) is 30.1. The van der Waals surface area contributed by atoms with Gasteiger partial charge in [-0.2, -0.15) is 0 Å². The van der Waals surface area contributed by atoms with Gasteiger partial charge in [0.1, 0.15) is 18.0 Å². The minimum Gasteiger partial charge on any atom is -0.487 e. The molecule has 4 atom stereocenters. The number of hydrogen-bond acceptors (Lipinski definition) is 6. The molecular formula is C24H33N3O5. The zero-order valence-electron chi connectivity index (χ0n) is 18.7. The van der Waals surface area contributed by atoms with Crippen molar-refractivity contribution in [3.05, 3.63) is 23.8 Å². The predicted octanol–water partition coefficient (Wildman–Crippen LogP) is 1.58. The third kappa shape index (κ3) is 4.23. The van der Waals surface area contributed by atoms with E-state index in [0.717, 1.165) is 62.4 Å². The van der Waals surface area contributed by atoms with Gasteiger partial charge in [-0.1, -0.05) is 6.42 Å². The predicted molar refractivity (Wildman–Crippen MR) is 119 cm³/mol. The maximum absolute atomic E-state index is 12.9. The highest BCUT2D eigenvalue weighted by Crippen LogP contribution is 2.47. The van der Waals surface area contributed by atoms with Crippen LogP contribution in [0.1, 0.15) is 43.6 Å². The fourth-order valence-electron chi connectivity index (χ4n) is 5.26. The molecule has 1 aromatic rings. The van der Waals surface area contributed by atoms with Crippen molar-refractivity contribution in [2.45, 2.75) is 56.3 Å². The average Bonchev–Trinajstić information content (AvgIpc) is 3.10. The summed E-state index contributed by atoms with van der Waals surface area (Å²) in [6, 6.07) is 5.76. The van der Waals surface area contributed by atoms with E-state index in [4.69, 9.17) is 9.47 Å². The number of benzene rings is 1. The second-order valence-electron chi connectivity index (χ2n) is 9.66. The Bertz CT molecular complexity index is 865. The van der Waals surface area contributed by atoms with Crippen molar-refractivity contribution in [3.8, 4) is 5.75 Å². The number of amides is 2. The maximum Gasteiger partial charge on any atom is 0.227 e. The quantitative estimate of drug-likeness (QED) is 0.718. The fraction of sp³-hybridized carbons (Fsp3) is 0.667. The molecule has 2 saturated heterocycles. The van der Waals surface area contributed by atoms with Crippen LogP contribution in [0.4, 0.5) is 5.69 Å². The first-order valence-corrected chi connectivity index (χ1v) is 11.9. The van der Waals surface area contributed by atoms with E-state index < -0.39 is 6.10 Å². The molecule has 0 spiro atoms. The summed E-state index contributed by atoms with van der Waals surface area (Å²) in [4.78, 5) is 29.4. The Hall–Kier alpha value is -2.16. The number of carbonyl (C=O) groups is 2. The summed E-state index contributed by atoms with van der Waals surface area (Å²) >= 11 is 0. The lowest BCUT2D eigenvalue weighted by atomic mass is 9.83. The second-order valence-corrected chi connectivity index (χ2v) is 9.66. The molecular weight excluding hydrogens is 410 g/mol. The number of nitrogens with zero attached hydrogens (tertiary/aromatic N) is 2. The molecule has 5 rings (SSSR count). The minimum absolute atomic E-state index is 0.0294. The van der Waals surface area contributed by atoms with Gasteiger partial charge < -0.3 is 29.7 Å². The number of fused-ring (bicyclic) bond motifs is 3. The van der Waals surface area contributed by atoms with E-state index in [0.29, 0.717) is 12.8 Å². The van der Waals surface area contributed by atoms with Gasteiger partial charge in [0.25, 0.3) is 0 Å². The van der Waals surface area contributed by atoms with Crippen LogP contribution in [0.2, 0.25) is 0 Å². The van der Waals surface area contributed by atoms with Gasteiger partial charge in [-0.25, -0.2) is 0 Å². The third-order valence-corrected chi connectivity index (χ3v) is 7.50. The van der Waals surface area contributed by atoms with Crippen molar-refractivity contribution >= 4 is 17.5 Å². The number of anilines is 1. The Morgan fingerprint density at radius 3 is 2.66 bits per heavy atom. The molecule has 1 aromatic carbocycles. The molecule has 1 aliphatic carbocycles. The summed E-state index contributed by atoms with van der Waals surface area (Å²) in [5, 5.41) is 13.0. The summed E-state index contributed by atoms with van der Waals surface area (Å²) < 4.78 is 12.2. The summed E-state index contributed by atoms with van der Waals surface area (Å²) in [6.07, 6.45) is 3.01. The molecule has 0 bridgehead atoms. The summed E-state index contributed by atoms with van der Waals surface area (Å²) in [5.41, 5.74) is 1.81. The van der Waals surface area contributed by atoms with Gasteiger partial charge >= 0.3 is 0 Å². The SMILES string of the molecule is CN1CCN(C(=O)C[C@H]2C[C@@H]3c4cc(NC(=O)C5CCC5)ccc4O[C@@H]3[C@H](CO)O2)CC1. The van der Waals surface area contributed by atoms with Crippen LogP contribution in [0.5, 0.6) is 5.75 Å². The van der Waals surface area contributed by atoms with Crippen LogP contribution >= 0.6 is 0 Å². The molecule has 2 N–H and O–H groups in total. The monoisotopic (exact) mass is 443 g/mol. The highest BCUT2D eigenvalue weighted by atomic mass is 16.6.